The van der Waals surface area contributed by atoms with Crippen LogP contribution in [0.15, 0.2) is 24.3 Å². The first-order chi connectivity index (χ1) is 13.4. The lowest BCUT2D eigenvalue weighted by Crippen LogP contribution is -2.19. The van der Waals surface area contributed by atoms with Crippen molar-refractivity contribution < 1.29 is 19.7 Å². The second-order valence-corrected chi connectivity index (χ2v) is 8.73. The number of allylic oxidation sites excluding steroid dienone is 2. The van der Waals surface area contributed by atoms with Crippen LogP contribution in [0.2, 0.25) is 0 Å². The first-order valence-electron chi connectivity index (χ1n) is 10.8. The molecule has 4 nitrogen and oxygen atoms in total. The number of esters is 1. The zero-order valence-corrected chi connectivity index (χ0v) is 18.5. The standard InChI is InChI=1S/C23H39ClO4/c1-4-5-10-17(2)15-18(25)13-14-20-19(21(24)16-22(20)26)11-8-6-7-9-12-23(27)28-3/h6,8,13-14,17-22,25-26H,4-5,7,9-12,15-16H2,1-3H3/b8-6-,14-13+/t17-,18+,19+,20+,21+,22+/m0/s1. The molecular weight excluding hydrogens is 376 g/mol. The van der Waals surface area contributed by atoms with E-state index in [2.05, 4.69) is 30.7 Å². The molecule has 1 rings (SSSR count). The van der Waals surface area contributed by atoms with E-state index in [-0.39, 0.29) is 23.2 Å². The average Bonchev–Trinajstić information content (AvgIpc) is 2.93. The summed E-state index contributed by atoms with van der Waals surface area (Å²) in [7, 11) is 1.40. The smallest absolute Gasteiger partial charge is 0.305 e. The zero-order valence-electron chi connectivity index (χ0n) is 17.7. The Labute approximate surface area is 176 Å². The van der Waals surface area contributed by atoms with Crippen molar-refractivity contribution in [3.05, 3.63) is 24.3 Å². The molecule has 0 heterocycles. The van der Waals surface area contributed by atoms with Gasteiger partial charge in [-0.05, 0) is 43.9 Å². The SMILES string of the molecule is CCCC[C@H](C)C[C@H](O)/C=C/[C@@H]1[C@@H](C/C=C\CCCC(=O)OC)[C@H](Cl)C[C@H]1O. The second kappa shape index (κ2) is 14.2. The highest BCUT2D eigenvalue weighted by Crippen LogP contribution is 2.39. The Hall–Kier alpha value is -0.840. The molecule has 0 aromatic rings. The van der Waals surface area contributed by atoms with E-state index in [9.17, 15) is 15.0 Å². The predicted octanol–water partition coefficient (Wildman–Crippen LogP) is 5.01. The molecule has 28 heavy (non-hydrogen) atoms. The number of ether oxygens (including phenoxy) is 1. The van der Waals surface area contributed by atoms with Crippen LogP contribution in [-0.2, 0) is 9.53 Å². The Bertz CT molecular complexity index is 491. The van der Waals surface area contributed by atoms with Crippen molar-refractivity contribution in [3.63, 3.8) is 0 Å². The van der Waals surface area contributed by atoms with Crippen molar-refractivity contribution in [2.45, 2.75) is 89.2 Å². The van der Waals surface area contributed by atoms with Crippen molar-refractivity contribution >= 4 is 17.6 Å². The molecule has 0 bridgehead atoms. The molecule has 1 saturated carbocycles. The Kier molecular flexibility index (Phi) is 12.8. The van der Waals surface area contributed by atoms with Gasteiger partial charge in [0.05, 0.1) is 19.3 Å². The van der Waals surface area contributed by atoms with Gasteiger partial charge in [0, 0.05) is 17.7 Å². The number of unbranched alkanes of at least 4 members (excludes halogenated alkanes) is 2. The third kappa shape index (κ3) is 9.58. The maximum Gasteiger partial charge on any atom is 0.305 e. The van der Waals surface area contributed by atoms with E-state index in [1.165, 1.54) is 20.0 Å². The number of carbonyl (C=O) groups excluding carboxylic acids is 1. The van der Waals surface area contributed by atoms with Gasteiger partial charge in [0.25, 0.3) is 0 Å². The van der Waals surface area contributed by atoms with Crippen LogP contribution in [0.5, 0.6) is 0 Å². The Morgan fingerprint density at radius 3 is 2.75 bits per heavy atom. The van der Waals surface area contributed by atoms with Crippen LogP contribution in [-0.4, -0.2) is 40.9 Å². The van der Waals surface area contributed by atoms with Crippen LogP contribution >= 0.6 is 11.6 Å². The summed E-state index contributed by atoms with van der Waals surface area (Å²) in [5.74, 6) is 0.454. The van der Waals surface area contributed by atoms with Gasteiger partial charge < -0.3 is 14.9 Å². The predicted molar refractivity (Wildman–Crippen MR) is 115 cm³/mol. The number of methoxy groups -OCH3 is 1. The van der Waals surface area contributed by atoms with Crippen LogP contribution in [0, 0.1) is 17.8 Å². The number of aliphatic hydroxyl groups is 2. The molecule has 2 N–H and O–H groups in total. The van der Waals surface area contributed by atoms with Crippen LogP contribution in [0.4, 0.5) is 0 Å². The summed E-state index contributed by atoms with van der Waals surface area (Å²) in [4.78, 5) is 11.1. The lowest BCUT2D eigenvalue weighted by Gasteiger charge is -2.20. The van der Waals surface area contributed by atoms with Crippen molar-refractivity contribution in [3.8, 4) is 0 Å². The van der Waals surface area contributed by atoms with Gasteiger partial charge in [0.15, 0.2) is 0 Å². The van der Waals surface area contributed by atoms with Crippen LogP contribution in [0.1, 0.15) is 71.6 Å². The van der Waals surface area contributed by atoms with E-state index < -0.39 is 12.2 Å². The summed E-state index contributed by atoms with van der Waals surface area (Å²) in [6.07, 6.45) is 14.7. The van der Waals surface area contributed by atoms with E-state index in [1.54, 1.807) is 0 Å². The fourth-order valence-electron chi connectivity index (χ4n) is 3.92. The summed E-state index contributed by atoms with van der Waals surface area (Å²) in [5.41, 5.74) is 0. The molecule has 6 atom stereocenters. The van der Waals surface area contributed by atoms with E-state index >= 15 is 0 Å². The largest absolute Gasteiger partial charge is 0.469 e. The molecule has 162 valence electrons. The quantitative estimate of drug-likeness (QED) is 0.192. The van der Waals surface area contributed by atoms with E-state index in [0.29, 0.717) is 18.8 Å². The molecule has 0 amide bonds. The van der Waals surface area contributed by atoms with Gasteiger partial charge in [-0.2, -0.15) is 0 Å². The highest BCUT2D eigenvalue weighted by atomic mass is 35.5. The van der Waals surface area contributed by atoms with Gasteiger partial charge in [-0.3, -0.25) is 4.79 Å². The van der Waals surface area contributed by atoms with Crippen molar-refractivity contribution in [2.75, 3.05) is 7.11 Å². The van der Waals surface area contributed by atoms with E-state index in [0.717, 1.165) is 32.1 Å². The Morgan fingerprint density at radius 1 is 1.32 bits per heavy atom. The Balaban J connectivity index is 2.48. The lowest BCUT2D eigenvalue weighted by molar-refractivity contribution is -0.140. The minimum absolute atomic E-state index is 0.0252. The molecule has 1 fully saturated rings. The van der Waals surface area contributed by atoms with E-state index in [1.807, 2.05) is 12.2 Å². The fourth-order valence-corrected chi connectivity index (χ4v) is 4.37. The molecule has 0 aromatic heterocycles. The molecule has 0 aromatic carbocycles. The van der Waals surface area contributed by atoms with Crippen LogP contribution < -0.4 is 0 Å². The monoisotopic (exact) mass is 414 g/mol. The van der Waals surface area contributed by atoms with Crippen molar-refractivity contribution in [1.29, 1.82) is 0 Å². The number of alkyl halides is 1. The van der Waals surface area contributed by atoms with Gasteiger partial charge in [-0.25, -0.2) is 0 Å². The van der Waals surface area contributed by atoms with Crippen molar-refractivity contribution in [1.82, 2.24) is 0 Å². The summed E-state index contributed by atoms with van der Waals surface area (Å²) >= 11 is 6.47. The van der Waals surface area contributed by atoms with Gasteiger partial charge in [0.1, 0.15) is 0 Å². The highest BCUT2D eigenvalue weighted by molar-refractivity contribution is 6.21. The van der Waals surface area contributed by atoms with Gasteiger partial charge in [-0.15, -0.1) is 11.6 Å². The van der Waals surface area contributed by atoms with Gasteiger partial charge in [0.2, 0.25) is 0 Å². The van der Waals surface area contributed by atoms with Gasteiger partial charge in [-0.1, -0.05) is 57.4 Å². The summed E-state index contributed by atoms with van der Waals surface area (Å²) in [6.45, 7) is 4.36. The van der Waals surface area contributed by atoms with Crippen LogP contribution in [0.25, 0.3) is 0 Å². The third-order valence-corrected chi connectivity index (χ3v) is 6.18. The lowest BCUT2D eigenvalue weighted by atomic mass is 9.89. The summed E-state index contributed by atoms with van der Waals surface area (Å²) in [5, 5.41) is 20.6. The summed E-state index contributed by atoms with van der Waals surface area (Å²) in [6, 6.07) is 0. The van der Waals surface area contributed by atoms with Crippen molar-refractivity contribution in [2.24, 2.45) is 17.8 Å². The number of aliphatic hydroxyl groups excluding tert-OH is 2. The Morgan fingerprint density at radius 2 is 2.07 bits per heavy atom. The first kappa shape index (κ1) is 25.2. The molecule has 1 aliphatic carbocycles. The molecule has 0 saturated heterocycles. The minimum atomic E-state index is -0.469. The number of rotatable bonds is 13. The maximum absolute atomic E-state index is 11.1. The maximum atomic E-state index is 11.1. The molecule has 0 unspecified atom stereocenters. The fraction of sp³-hybridized carbons (Fsp3) is 0.783. The molecule has 0 aliphatic heterocycles. The number of halogens is 1. The number of hydrogen-bond donors (Lipinski definition) is 2. The minimum Gasteiger partial charge on any atom is -0.469 e. The highest BCUT2D eigenvalue weighted by Gasteiger charge is 2.39. The third-order valence-electron chi connectivity index (χ3n) is 5.67. The average molecular weight is 415 g/mol. The molecule has 5 heteroatoms. The molecule has 0 spiro atoms. The molecule has 0 radical (unpaired) electrons. The normalized spacial score (nSPS) is 27.5. The summed E-state index contributed by atoms with van der Waals surface area (Å²) < 4.78 is 4.63. The van der Waals surface area contributed by atoms with Gasteiger partial charge >= 0.3 is 5.97 Å². The zero-order chi connectivity index (χ0) is 20.9. The molecule has 1 aliphatic rings. The van der Waals surface area contributed by atoms with Crippen LogP contribution in [0.3, 0.4) is 0 Å². The topological polar surface area (TPSA) is 66.8 Å². The number of carbonyl (C=O) groups is 1. The molecular formula is C23H39ClO4. The van der Waals surface area contributed by atoms with E-state index in [4.69, 9.17) is 11.6 Å². The second-order valence-electron chi connectivity index (χ2n) is 8.17. The first-order valence-corrected chi connectivity index (χ1v) is 11.2. The number of hydrogen-bond acceptors (Lipinski definition) is 4.